The number of hydrogen-bond donors (Lipinski definition) is 0. The molecule has 7 nitrogen and oxygen atoms in total. The lowest BCUT2D eigenvalue weighted by Gasteiger charge is -2.52. The van der Waals surface area contributed by atoms with Crippen LogP contribution in [-0.4, -0.2) is 55.9 Å². The van der Waals surface area contributed by atoms with Gasteiger partial charge in [-0.15, -0.1) is 11.3 Å². The number of aryl methyl sites for hydroxylation is 1. The molecule has 6 rings (SSSR count). The molecule has 0 atom stereocenters. The van der Waals surface area contributed by atoms with Gasteiger partial charge in [0.05, 0.1) is 29.3 Å². The van der Waals surface area contributed by atoms with Crippen molar-refractivity contribution < 1.29 is 9.53 Å². The fourth-order valence-electron chi connectivity index (χ4n) is 4.54. The van der Waals surface area contributed by atoms with Crippen LogP contribution in [0, 0.1) is 0 Å². The Bertz CT molecular complexity index is 1290. The third-order valence-electron chi connectivity index (χ3n) is 6.29. The molecule has 1 aliphatic heterocycles. The molecule has 2 aliphatic rings. The van der Waals surface area contributed by atoms with Gasteiger partial charge < -0.3 is 9.64 Å². The number of carbonyl (C=O) groups is 1. The fourth-order valence-corrected chi connectivity index (χ4v) is 5.52. The van der Waals surface area contributed by atoms with Crippen LogP contribution in [0.4, 0.5) is 0 Å². The van der Waals surface area contributed by atoms with Gasteiger partial charge in [0.25, 0.3) is 5.91 Å². The summed E-state index contributed by atoms with van der Waals surface area (Å²) in [6, 6.07) is 8.06. The SMILES string of the molecule is Cn1cc2cc(-c3ccc4cc(C(=O)N5CCOCC56CCC6)sc4n3)cnc2n1. The predicted octanol–water partition coefficient (Wildman–Crippen LogP) is 3.64. The van der Waals surface area contributed by atoms with Crippen molar-refractivity contribution in [1.29, 1.82) is 0 Å². The van der Waals surface area contributed by atoms with Gasteiger partial charge in [-0.05, 0) is 43.5 Å². The van der Waals surface area contributed by atoms with Crippen LogP contribution in [0.1, 0.15) is 28.9 Å². The number of nitrogens with zero attached hydrogens (tertiary/aromatic N) is 5. The molecule has 8 heteroatoms. The molecule has 1 saturated carbocycles. The van der Waals surface area contributed by atoms with Crippen LogP contribution in [0.5, 0.6) is 0 Å². The van der Waals surface area contributed by atoms with E-state index < -0.39 is 0 Å². The minimum Gasteiger partial charge on any atom is -0.377 e. The summed E-state index contributed by atoms with van der Waals surface area (Å²) in [5.41, 5.74) is 2.43. The third-order valence-corrected chi connectivity index (χ3v) is 7.33. The lowest BCUT2D eigenvalue weighted by molar-refractivity contribution is -0.0875. The average Bonchev–Trinajstić information content (AvgIpc) is 3.33. The molecule has 0 radical (unpaired) electrons. The third kappa shape index (κ3) is 2.74. The molecule has 1 amide bonds. The number of fused-ring (bicyclic) bond motifs is 2. The molecule has 5 heterocycles. The van der Waals surface area contributed by atoms with E-state index in [9.17, 15) is 4.79 Å². The zero-order valence-electron chi connectivity index (χ0n) is 16.7. The Balaban J connectivity index is 1.34. The number of amides is 1. The van der Waals surface area contributed by atoms with Crippen molar-refractivity contribution in [2.24, 2.45) is 7.05 Å². The van der Waals surface area contributed by atoms with Crippen molar-refractivity contribution in [2.45, 2.75) is 24.8 Å². The predicted molar refractivity (Wildman–Crippen MR) is 116 cm³/mol. The lowest BCUT2D eigenvalue weighted by atomic mass is 9.75. The highest BCUT2D eigenvalue weighted by molar-refractivity contribution is 7.20. The first kappa shape index (κ1) is 18.0. The number of aromatic nitrogens is 4. The molecule has 0 bridgehead atoms. The Kier molecular flexibility index (Phi) is 3.94. The quantitative estimate of drug-likeness (QED) is 0.496. The smallest absolute Gasteiger partial charge is 0.264 e. The molecule has 0 N–H and O–H groups in total. The van der Waals surface area contributed by atoms with E-state index in [1.54, 1.807) is 10.9 Å². The first-order valence-electron chi connectivity index (χ1n) is 10.2. The van der Waals surface area contributed by atoms with Crippen molar-refractivity contribution in [2.75, 3.05) is 19.8 Å². The number of rotatable bonds is 2. The van der Waals surface area contributed by atoms with Crippen molar-refractivity contribution >= 4 is 38.5 Å². The van der Waals surface area contributed by atoms with E-state index in [2.05, 4.69) is 16.1 Å². The number of ether oxygens (including phenoxy) is 1. The van der Waals surface area contributed by atoms with Crippen LogP contribution in [0.25, 0.3) is 32.5 Å². The molecule has 1 aliphatic carbocycles. The van der Waals surface area contributed by atoms with E-state index in [1.165, 1.54) is 17.8 Å². The molecule has 0 unspecified atom stereocenters. The minimum absolute atomic E-state index is 0.0884. The van der Waals surface area contributed by atoms with E-state index in [4.69, 9.17) is 9.72 Å². The van der Waals surface area contributed by atoms with Crippen LogP contribution in [0.2, 0.25) is 0 Å². The van der Waals surface area contributed by atoms with Crippen LogP contribution in [0.15, 0.2) is 36.7 Å². The Morgan fingerprint density at radius 3 is 2.97 bits per heavy atom. The van der Waals surface area contributed by atoms with Crippen LogP contribution < -0.4 is 0 Å². The van der Waals surface area contributed by atoms with Crippen molar-refractivity contribution in [3.63, 3.8) is 0 Å². The van der Waals surface area contributed by atoms with Crippen molar-refractivity contribution in [3.8, 4) is 11.3 Å². The monoisotopic (exact) mass is 419 g/mol. The Hall–Kier alpha value is -2.84. The molecular weight excluding hydrogens is 398 g/mol. The number of pyridine rings is 2. The second-order valence-corrected chi connectivity index (χ2v) is 9.26. The summed E-state index contributed by atoms with van der Waals surface area (Å²) in [7, 11) is 1.89. The first-order valence-corrected chi connectivity index (χ1v) is 11.0. The maximum Gasteiger partial charge on any atom is 0.264 e. The second-order valence-electron chi connectivity index (χ2n) is 8.23. The Morgan fingerprint density at radius 1 is 1.23 bits per heavy atom. The standard InChI is InChI=1S/C22H21N5O2S/c1-26-12-16-9-15(11-23-19(16)25-26)17-4-3-14-10-18(30-20(14)24-17)21(28)27-7-8-29-13-22(27)5-2-6-22/h3-4,9-12H,2,5-8,13H2,1H3. The maximum absolute atomic E-state index is 13.3. The molecule has 0 aromatic carbocycles. The lowest BCUT2D eigenvalue weighted by Crippen LogP contribution is -2.62. The van der Waals surface area contributed by atoms with Gasteiger partial charge in [-0.3, -0.25) is 9.48 Å². The van der Waals surface area contributed by atoms with Crippen LogP contribution in [0.3, 0.4) is 0 Å². The molecule has 30 heavy (non-hydrogen) atoms. The molecule has 152 valence electrons. The van der Waals surface area contributed by atoms with Crippen LogP contribution >= 0.6 is 11.3 Å². The molecule has 1 spiro atoms. The largest absolute Gasteiger partial charge is 0.377 e. The van der Waals surface area contributed by atoms with E-state index in [0.717, 1.165) is 50.2 Å². The fraction of sp³-hybridized carbons (Fsp3) is 0.364. The van der Waals surface area contributed by atoms with E-state index in [-0.39, 0.29) is 11.4 Å². The summed E-state index contributed by atoms with van der Waals surface area (Å²) >= 11 is 1.47. The van der Waals surface area contributed by atoms with Gasteiger partial charge in [-0.25, -0.2) is 9.97 Å². The molecule has 1 saturated heterocycles. The zero-order valence-corrected chi connectivity index (χ0v) is 17.5. The average molecular weight is 420 g/mol. The highest BCUT2D eigenvalue weighted by atomic mass is 32.1. The number of thiophene rings is 1. The summed E-state index contributed by atoms with van der Waals surface area (Å²) in [5, 5.41) is 6.31. The summed E-state index contributed by atoms with van der Waals surface area (Å²) in [5.74, 6) is 0.112. The zero-order chi connectivity index (χ0) is 20.3. The second kappa shape index (κ2) is 6.58. The van der Waals surface area contributed by atoms with Crippen LogP contribution in [-0.2, 0) is 11.8 Å². The van der Waals surface area contributed by atoms with Gasteiger partial charge in [0.2, 0.25) is 0 Å². The maximum atomic E-state index is 13.3. The topological polar surface area (TPSA) is 73.1 Å². The number of carbonyl (C=O) groups excluding carboxylic acids is 1. The van der Waals surface area contributed by atoms with Gasteiger partial charge in [-0.2, -0.15) is 5.10 Å². The molecule has 4 aromatic rings. The summed E-state index contributed by atoms with van der Waals surface area (Å²) in [6.07, 6.45) is 6.99. The van der Waals surface area contributed by atoms with Gasteiger partial charge in [0.1, 0.15) is 4.83 Å². The van der Waals surface area contributed by atoms with Crippen molar-refractivity contribution in [3.05, 3.63) is 41.5 Å². The molecule has 4 aromatic heterocycles. The molecule has 2 fully saturated rings. The van der Waals surface area contributed by atoms with E-state index >= 15 is 0 Å². The van der Waals surface area contributed by atoms with E-state index in [1.807, 2.05) is 36.3 Å². The van der Waals surface area contributed by atoms with E-state index in [0.29, 0.717) is 19.8 Å². The van der Waals surface area contributed by atoms with Gasteiger partial charge in [-0.1, -0.05) is 0 Å². The Labute approximate surface area is 177 Å². The Morgan fingerprint density at radius 2 is 2.13 bits per heavy atom. The van der Waals surface area contributed by atoms with Gasteiger partial charge in [0, 0.05) is 42.3 Å². The normalized spacial score (nSPS) is 18.2. The van der Waals surface area contributed by atoms with Gasteiger partial charge >= 0.3 is 0 Å². The number of morpholine rings is 1. The molecular formula is C22H21N5O2S. The highest BCUT2D eigenvalue weighted by Crippen LogP contribution is 2.41. The minimum atomic E-state index is -0.0884. The highest BCUT2D eigenvalue weighted by Gasteiger charge is 2.47. The summed E-state index contributed by atoms with van der Waals surface area (Å²) in [4.78, 5) is 26.3. The summed E-state index contributed by atoms with van der Waals surface area (Å²) in [6.45, 7) is 1.95. The van der Waals surface area contributed by atoms with Crippen molar-refractivity contribution in [1.82, 2.24) is 24.6 Å². The number of hydrogen-bond acceptors (Lipinski definition) is 6. The summed E-state index contributed by atoms with van der Waals surface area (Å²) < 4.78 is 7.44. The van der Waals surface area contributed by atoms with Gasteiger partial charge in [0.15, 0.2) is 5.65 Å². The first-order chi connectivity index (χ1) is 14.6.